The lowest BCUT2D eigenvalue weighted by atomic mass is 9.85. The van der Waals surface area contributed by atoms with E-state index in [2.05, 4.69) is 30.1 Å². The molecule has 1 saturated heterocycles. The molecule has 20 heavy (non-hydrogen) atoms. The van der Waals surface area contributed by atoms with Gasteiger partial charge in [-0.25, -0.2) is 0 Å². The Hall–Kier alpha value is -0.900. The van der Waals surface area contributed by atoms with E-state index < -0.39 is 0 Å². The number of likely N-dealkylation sites (N-methyl/N-ethyl adjacent to an activating group) is 1. The van der Waals surface area contributed by atoms with Gasteiger partial charge in [-0.1, -0.05) is 24.3 Å². The van der Waals surface area contributed by atoms with Gasteiger partial charge in [0.25, 0.3) is 0 Å². The van der Waals surface area contributed by atoms with Crippen molar-refractivity contribution >= 4 is 0 Å². The molecule has 3 atom stereocenters. The molecule has 1 heterocycles. The molecule has 3 unspecified atom stereocenters. The second kappa shape index (κ2) is 6.25. The number of hydrogen-bond donors (Lipinski definition) is 1. The molecule has 0 saturated carbocycles. The standard InChI is InChI=1S/C17H25NO2/c1-18(12-14-7-4-5-11-20-14)16-10-9-13-6-2-3-8-15(13)17(16)19/h2-3,6,8,14,16-17,19H,4-5,7,9-12H2,1H3. The summed E-state index contributed by atoms with van der Waals surface area (Å²) < 4.78 is 5.82. The Morgan fingerprint density at radius 3 is 2.90 bits per heavy atom. The van der Waals surface area contributed by atoms with E-state index in [1.54, 1.807) is 0 Å². The van der Waals surface area contributed by atoms with Gasteiger partial charge >= 0.3 is 0 Å². The van der Waals surface area contributed by atoms with Gasteiger partial charge in [-0.15, -0.1) is 0 Å². The summed E-state index contributed by atoms with van der Waals surface area (Å²) in [6.07, 6.45) is 5.69. The van der Waals surface area contributed by atoms with Gasteiger partial charge in [0.15, 0.2) is 0 Å². The number of aliphatic hydroxyl groups is 1. The molecule has 1 aliphatic carbocycles. The highest BCUT2D eigenvalue weighted by atomic mass is 16.5. The number of aryl methyl sites for hydroxylation is 1. The van der Waals surface area contributed by atoms with E-state index in [4.69, 9.17) is 4.74 Å². The first-order valence-electron chi connectivity index (χ1n) is 7.83. The van der Waals surface area contributed by atoms with Gasteiger partial charge < -0.3 is 9.84 Å². The fourth-order valence-corrected chi connectivity index (χ4v) is 3.59. The van der Waals surface area contributed by atoms with Crippen molar-refractivity contribution in [3.8, 4) is 0 Å². The van der Waals surface area contributed by atoms with Crippen LogP contribution in [0.3, 0.4) is 0 Å². The molecule has 3 nitrogen and oxygen atoms in total. The van der Waals surface area contributed by atoms with Crippen LogP contribution in [0.15, 0.2) is 24.3 Å². The summed E-state index contributed by atoms with van der Waals surface area (Å²) in [5.74, 6) is 0. The van der Waals surface area contributed by atoms with Crippen LogP contribution in [0.1, 0.15) is 42.9 Å². The normalized spacial score (nSPS) is 30.2. The summed E-state index contributed by atoms with van der Waals surface area (Å²) >= 11 is 0. The molecule has 1 fully saturated rings. The van der Waals surface area contributed by atoms with Gasteiger partial charge in [0.1, 0.15) is 0 Å². The van der Waals surface area contributed by atoms with Crippen molar-refractivity contribution in [1.82, 2.24) is 4.90 Å². The fraction of sp³-hybridized carbons (Fsp3) is 0.647. The maximum atomic E-state index is 10.6. The summed E-state index contributed by atoms with van der Waals surface area (Å²) in [4.78, 5) is 2.30. The number of aliphatic hydroxyl groups excluding tert-OH is 1. The van der Waals surface area contributed by atoms with Crippen LogP contribution in [0.4, 0.5) is 0 Å². The first kappa shape index (κ1) is 14.1. The quantitative estimate of drug-likeness (QED) is 0.920. The number of fused-ring (bicyclic) bond motifs is 1. The molecule has 1 aromatic carbocycles. The van der Waals surface area contributed by atoms with Gasteiger partial charge in [-0.05, 0) is 50.3 Å². The maximum absolute atomic E-state index is 10.6. The molecule has 1 aliphatic heterocycles. The van der Waals surface area contributed by atoms with E-state index >= 15 is 0 Å². The molecule has 0 spiro atoms. The second-order valence-corrected chi connectivity index (χ2v) is 6.18. The predicted molar refractivity (Wildman–Crippen MR) is 79.7 cm³/mol. The molecule has 3 rings (SSSR count). The molecule has 0 amide bonds. The zero-order valence-electron chi connectivity index (χ0n) is 12.3. The fourth-order valence-electron chi connectivity index (χ4n) is 3.59. The maximum Gasteiger partial charge on any atom is 0.0947 e. The van der Waals surface area contributed by atoms with Crippen molar-refractivity contribution in [2.24, 2.45) is 0 Å². The van der Waals surface area contributed by atoms with Crippen molar-refractivity contribution in [3.63, 3.8) is 0 Å². The molecule has 0 bridgehead atoms. The highest BCUT2D eigenvalue weighted by molar-refractivity contribution is 5.32. The molecule has 0 aromatic heterocycles. The number of rotatable bonds is 3. The first-order chi connectivity index (χ1) is 9.75. The average molecular weight is 275 g/mol. The summed E-state index contributed by atoms with van der Waals surface area (Å²) in [6.45, 7) is 1.83. The number of benzene rings is 1. The summed E-state index contributed by atoms with van der Waals surface area (Å²) in [6, 6.07) is 8.51. The van der Waals surface area contributed by atoms with Gasteiger partial charge in [-0.3, -0.25) is 4.90 Å². The minimum absolute atomic E-state index is 0.218. The van der Waals surface area contributed by atoms with Crippen molar-refractivity contribution in [2.45, 2.75) is 50.4 Å². The van der Waals surface area contributed by atoms with E-state index in [0.717, 1.165) is 38.0 Å². The van der Waals surface area contributed by atoms with Crippen molar-refractivity contribution in [2.75, 3.05) is 20.2 Å². The van der Waals surface area contributed by atoms with Crippen LogP contribution in [0.5, 0.6) is 0 Å². The molecule has 0 radical (unpaired) electrons. The van der Waals surface area contributed by atoms with Gasteiger partial charge in [0.05, 0.1) is 12.2 Å². The highest BCUT2D eigenvalue weighted by Crippen LogP contribution is 2.32. The Kier molecular flexibility index (Phi) is 4.39. The summed E-state index contributed by atoms with van der Waals surface area (Å²) in [5, 5.41) is 10.6. The Balaban J connectivity index is 1.65. The van der Waals surface area contributed by atoms with Crippen LogP contribution < -0.4 is 0 Å². The predicted octanol–water partition coefficient (Wildman–Crippen LogP) is 2.54. The number of nitrogens with zero attached hydrogens (tertiary/aromatic N) is 1. The van der Waals surface area contributed by atoms with Crippen molar-refractivity contribution in [1.29, 1.82) is 0 Å². The van der Waals surface area contributed by atoms with E-state index in [0.29, 0.717) is 6.10 Å². The van der Waals surface area contributed by atoms with Gasteiger partial charge in [0, 0.05) is 19.2 Å². The van der Waals surface area contributed by atoms with Crippen molar-refractivity contribution < 1.29 is 9.84 Å². The second-order valence-electron chi connectivity index (χ2n) is 6.18. The third kappa shape index (κ3) is 2.90. The highest BCUT2D eigenvalue weighted by Gasteiger charge is 2.31. The largest absolute Gasteiger partial charge is 0.387 e. The third-order valence-corrected chi connectivity index (χ3v) is 4.78. The molecule has 110 valence electrons. The van der Waals surface area contributed by atoms with E-state index in [-0.39, 0.29) is 12.1 Å². The molecule has 1 aromatic rings. The van der Waals surface area contributed by atoms with Crippen LogP contribution in [0, 0.1) is 0 Å². The summed E-state index contributed by atoms with van der Waals surface area (Å²) in [5.41, 5.74) is 2.42. The average Bonchev–Trinajstić information content (AvgIpc) is 2.49. The molecule has 3 heteroatoms. The first-order valence-corrected chi connectivity index (χ1v) is 7.83. The van der Waals surface area contributed by atoms with Crippen LogP contribution in [0.25, 0.3) is 0 Å². The van der Waals surface area contributed by atoms with E-state index in [1.807, 2.05) is 6.07 Å². The van der Waals surface area contributed by atoms with Crippen LogP contribution >= 0.6 is 0 Å². The lowest BCUT2D eigenvalue weighted by Crippen LogP contribution is -2.44. The van der Waals surface area contributed by atoms with Crippen LogP contribution in [-0.2, 0) is 11.2 Å². The van der Waals surface area contributed by atoms with Gasteiger partial charge in [-0.2, -0.15) is 0 Å². The molecular weight excluding hydrogens is 250 g/mol. The Morgan fingerprint density at radius 1 is 1.25 bits per heavy atom. The topological polar surface area (TPSA) is 32.7 Å². The minimum Gasteiger partial charge on any atom is -0.387 e. The number of hydrogen-bond acceptors (Lipinski definition) is 3. The van der Waals surface area contributed by atoms with Crippen molar-refractivity contribution in [3.05, 3.63) is 35.4 Å². The van der Waals surface area contributed by atoms with Crippen LogP contribution in [0.2, 0.25) is 0 Å². The SMILES string of the molecule is CN(CC1CCCCO1)C1CCc2ccccc2C1O. The van der Waals surface area contributed by atoms with E-state index in [1.165, 1.54) is 18.4 Å². The summed E-state index contributed by atoms with van der Waals surface area (Å²) in [7, 11) is 2.12. The molecule has 2 aliphatic rings. The molecular formula is C17H25NO2. The Morgan fingerprint density at radius 2 is 2.10 bits per heavy atom. The lowest BCUT2D eigenvalue weighted by molar-refractivity contribution is -0.0270. The van der Waals surface area contributed by atoms with E-state index in [9.17, 15) is 5.11 Å². The zero-order chi connectivity index (χ0) is 13.9. The third-order valence-electron chi connectivity index (χ3n) is 4.78. The Bertz CT molecular complexity index is 442. The monoisotopic (exact) mass is 275 g/mol. The zero-order valence-corrected chi connectivity index (χ0v) is 12.3. The van der Waals surface area contributed by atoms with Crippen LogP contribution in [-0.4, -0.2) is 42.4 Å². The smallest absolute Gasteiger partial charge is 0.0947 e. The molecule has 1 N–H and O–H groups in total. The van der Waals surface area contributed by atoms with Gasteiger partial charge in [0.2, 0.25) is 0 Å². The minimum atomic E-state index is -0.367. The Labute approximate surface area is 121 Å². The number of ether oxygens (including phenoxy) is 1. The lowest BCUT2D eigenvalue weighted by Gasteiger charge is -2.38.